The maximum absolute atomic E-state index is 12.6. The van der Waals surface area contributed by atoms with Gasteiger partial charge in [0.25, 0.3) is 0 Å². The predicted octanol–water partition coefficient (Wildman–Crippen LogP) is 4.53. The number of carbonyl (C=O) groups is 1. The van der Waals surface area contributed by atoms with Gasteiger partial charge in [-0.1, -0.05) is 37.1 Å². The van der Waals surface area contributed by atoms with Gasteiger partial charge in [0.15, 0.2) is 0 Å². The van der Waals surface area contributed by atoms with Gasteiger partial charge in [-0.3, -0.25) is 4.79 Å². The van der Waals surface area contributed by atoms with Crippen LogP contribution >= 0.6 is 11.6 Å². The van der Waals surface area contributed by atoms with Gasteiger partial charge < -0.3 is 14.8 Å². The van der Waals surface area contributed by atoms with Crippen molar-refractivity contribution in [2.45, 2.75) is 27.7 Å². The molecule has 1 aliphatic carbocycles. The summed E-state index contributed by atoms with van der Waals surface area (Å²) in [5.74, 6) is 1.22. The second-order valence-electron chi connectivity index (χ2n) is 6.75. The van der Waals surface area contributed by atoms with E-state index in [9.17, 15) is 4.79 Å². The molecule has 2 rings (SSSR count). The van der Waals surface area contributed by atoms with Gasteiger partial charge in [-0.05, 0) is 31.2 Å². The minimum Gasteiger partial charge on any atom is -0.495 e. The lowest BCUT2D eigenvalue weighted by atomic mass is 10.1. The summed E-state index contributed by atoms with van der Waals surface area (Å²) in [6, 6.07) is 3.33. The SMILES string of the molecule is COc1cc(OC)c(NC(=O)[C@H]2[C@H](C=C(C)C)C2(C)C)cc1Cl. The summed E-state index contributed by atoms with van der Waals surface area (Å²) in [7, 11) is 3.08. The number of hydrogen-bond acceptors (Lipinski definition) is 3. The number of hydrogen-bond donors (Lipinski definition) is 1. The monoisotopic (exact) mass is 337 g/mol. The number of ether oxygens (including phenoxy) is 2. The van der Waals surface area contributed by atoms with E-state index in [2.05, 4.69) is 39.1 Å². The summed E-state index contributed by atoms with van der Waals surface area (Å²) in [5, 5.41) is 3.37. The number of carbonyl (C=O) groups excluding carboxylic acids is 1. The first kappa shape index (κ1) is 17.7. The van der Waals surface area contributed by atoms with Crippen molar-refractivity contribution in [2.24, 2.45) is 17.3 Å². The molecular formula is C18H24ClNO3. The van der Waals surface area contributed by atoms with E-state index in [0.29, 0.717) is 22.2 Å². The fourth-order valence-electron chi connectivity index (χ4n) is 3.02. The van der Waals surface area contributed by atoms with E-state index in [1.807, 2.05) is 0 Å². The number of amides is 1. The largest absolute Gasteiger partial charge is 0.495 e. The van der Waals surface area contributed by atoms with Crippen molar-refractivity contribution in [1.82, 2.24) is 0 Å². The van der Waals surface area contributed by atoms with Gasteiger partial charge in [0.1, 0.15) is 11.5 Å². The number of rotatable bonds is 5. The van der Waals surface area contributed by atoms with Crippen LogP contribution in [0.1, 0.15) is 27.7 Å². The van der Waals surface area contributed by atoms with Gasteiger partial charge in [0, 0.05) is 6.07 Å². The second kappa shape index (κ2) is 6.44. The van der Waals surface area contributed by atoms with Crippen molar-refractivity contribution in [3.8, 4) is 11.5 Å². The van der Waals surface area contributed by atoms with E-state index < -0.39 is 0 Å². The smallest absolute Gasteiger partial charge is 0.228 e. The minimum atomic E-state index is -0.0528. The van der Waals surface area contributed by atoms with Gasteiger partial charge in [-0.25, -0.2) is 0 Å². The summed E-state index contributed by atoms with van der Waals surface area (Å²) in [4.78, 5) is 12.6. The summed E-state index contributed by atoms with van der Waals surface area (Å²) < 4.78 is 10.5. The zero-order chi connectivity index (χ0) is 17.4. The lowest BCUT2D eigenvalue weighted by molar-refractivity contribution is -0.118. The summed E-state index contributed by atoms with van der Waals surface area (Å²) in [6.45, 7) is 8.32. The Balaban J connectivity index is 2.21. The highest BCUT2D eigenvalue weighted by Crippen LogP contribution is 2.59. The number of benzene rings is 1. The Kier molecular flexibility index (Phi) is 4.95. The van der Waals surface area contributed by atoms with Crippen LogP contribution in [0.2, 0.25) is 5.02 Å². The number of allylic oxidation sites excluding steroid dienone is 2. The molecule has 1 amide bonds. The zero-order valence-electron chi connectivity index (χ0n) is 14.5. The first-order chi connectivity index (χ1) is 10.7. The Morgan fingerprint density at radius 3 is 2.35 bits per heavy atom. The predicted molar refractivity (Wildman–Crippen MR) is 93.4 cm³/mol. The van der Waals surface area contributed by atoms with Gasteiger partial charge in [-0.15, -0.1) is 0 Å². The summed E-state index contributed by atoms with van der Waals surface area (Å²) in [6.07, 6.45) is 2.17. The zero-order valence-corrected chi connectivity index (χ0v) is 15.2. The van der Waals surface area contributed by atoms with Crippen LogP contribution in [0.5, 0.6) is 11.5 Å². The average molecular weight is 338 g/mol. The number of halogens is 1. The van der Waals surface area contributed by atoms with E-state index in [4.69, 9.17) is 21.1 Å². The molecule has 1 aromatic carbocycles. The van der Waals surface area contributed by atoms with Crippen LogP contribution in [0.3, 0.4) is 0 Å². The lowest BCUT2D eigenvalue weighted by Gasteiger charge is -2.13. The third-order valence-electron chi connectivity index (χ3n) is 4.44. The molecule has 0 saturated heterocycles. The van der Waals surface area contributed by atoms with Crippen LogP contribution in [-0.4, -0.2) is 20.1 Å². The van der Waals surface area contributed by atoms with Crippen LogP contribution < -0.4 is 14.8 Å². The standard InChI is InChI=1S/C18H24ClNO3/c1-10(2)7-11-16(18(11,3)4)17(21)20-13-8-12(19)14(22-5)9-15(13)23-6/h7-9,11,16H,1-6H3,(H,20,21)/t11-,16+/m0/s1. The molecule has 1 saturated carbocycles. The number of anilines is 1. The van der Waals surface area contributed by atoms with Crippen LogP contribution in [-0.2, 0) is 4.79 Å². The van der Waals surface area contributed by atoms with E-state index in [1.165, 1.54) is 12.7 Å². The van der Waals surface area contributed by atoms with Gasteiger partial charge >= 0.3 is 0 Å². The lowest BCUT2D eigenvalue weighted by Crippen LogP contribution is -2.17. The third kappa shape index (κ3) is 3.47. The highest BCUT2D eigenvalue weighted by molar-refractivity contribution is 6.32. The highest BCUT2D eigenvalue weighted by atomic mass is 35.5. The van der Waals surface area contributed by atoms with E-state index in [-0.39, 0.29) is 23.2 Å². The maximum atomic E-state index is 12.6. The molecule has 0 radical (unpaired) electrons. The molecular weight excluding hydrogens is 314 g/mol. The van der Waals surface area contributed by atoms with Crippen LogP contribution in [0.25, 0.3) is 0 Å². The molecule has 0 aromatic heterocycles. The normalized spacial score (nSPS) is 21.3. The highest BCUT2D eigenvalue weighted by Gasteiger charge is 2.60. The first-order valence-corrected chi connectivity index (χ1v) is 7.97. The van der Waals surface area contributed by atoms with Gasteiger partial charge in [0.05, 0.1) is 30.8 Å². The first-order valence-electron chi connectivity index (χ1n) is 7.59. The van der Waals surface area contributed by atoms with Crippen molar-refractivity contribution in [3.05, 3.63) is 28.8 Å². The van der Waals surface area contributed by atoms with Crippen LogP contribution in [0, 0.1) is 17.3 Å². The van der Waals surface area contributed by atoms with Crippen molar-refractivity contribution >= 4 is 23.2 Å². The molecule has 0 heterocycles. The molecule has 4 nitrogen and oxygen atoms in total. The fourth-order valence-corrected chi connectivity index (χ4v) is 3.26. The van der Waals surface area contributed by atoms with Crippen molar-refractivity contribution in [2.75, 3.05) is 19.5 Å². The molecule has 1 fully saturated rings. The van der Waals surface area contributed by atoms with Crippen LogP contribution in [0.4, 0.5) is 5.69 Å². The van der Waals surface area contributed by atoms with E-state index in [1.54, 1.807) is 19.2 Å². The Labute approximate surface area is 142 Å². The molecule has 1 aromatic rings. The molecule has 0 aliphatic heterocycles. The summed E-state index contributed by atoms with van der Waals surface area (Å²) in [5.41, 5.74) is 1.75. The molecule has 126 valence electrons. The average Bonchev–Trinajstić information content (AvgIpc) is 2.99. The van der Waals surface area contributed by atoms with Crippen molar-refractivity contribution in [1.29, 1.82) is 0 Å². The second-order valence-corrected chi connectivity index (χ2v) is 7.15. The number of nitrogens with one attached hydrogen (secondary N) is 1. The molecule has 0 spiro atoms. The molecule has 1 N–H and O–H groups in total. The van der Waals surface area contributed by atoms with Crippen LogP contribution in [0.15, 0.2) is 23.8 Å². The number of methoxy groups -OCH3 is 2. The van der Waals surface area contributed by atoms with Gasteiger partial charge in [-0.2, -0.15) is 0 Å². The summed E-state index contributed by atoms with van der Waals surface area (Å²) >= 11 is 6.15. The molecule has 0 unspecified atom stereocenters. The van der Waals surface area contributed by atoms with E-state index in [0.717, 1.165) is 0 Å². The Morgan fingerprint density at radius 2 is 1.83 bits per heavy atom. The minimum absolute atomic E-state index is 0.0166. The third-order valence-corrected chi connectivity index (χ3v) is 4.73. The van der Waals surface area contributed by atoms with Gasteiger partial charge in [0.2, 0.25) is 5.91 Å². The molecule has 5 heteroatoms. The molecule has 1 aliphatic rings. The maximum Gasteiger partial charge on any atom is 0.228 e. The molecule has 23 heavy (non-hydrogen) atoms. The van der Waals surface area contributed by atoms with Crippen molar-refractivity contribution in [3.63, 3.8) is 0 Å². The van der Waals surface area contributed by atoms with E-state index >= 15 is 0 Å². The Hall–Kier alpha value is -1.68. The topological polar surface area (TPSA) is 47.6 Å². The quantitative estimate of drug-likeness (QED) is 0.803. The Bertz CT molecular complexity index is 648. The van der Waals surface area contributed by atoms with Crippen molar-refractivity contribution < 1.29 is 14.3 Å². The molecule has 2 atom stereocenters. The fraction of sp³-hybridized carbons (Fsp3) is 0.500. The Morgan fingerprint density at radius 1 is 1.22 bits per heavy atom. The molecule has 0 bridgehead atoms.